The van der Waals surface area contributed by atoms with E-state index in [1.807, 2.05) is 30.3 Å². The van der Waals surface area contributed by atoms with E-state index in [1.165, 1.54) is 0 Å². The van der Waals surface area contributed by atoms with Gasteiger partial charge in [-0.05, 0) is 23.3 Å². The number of aliphatic hydroxyl groups excluding tert-OH is 1. The summed E-state index contributed by atoms with van der Waals surface area (Å²) in [4.78, 5) is 0.247. The van der Waals surface area contributed by atoms with Crippen molar-refractivity contribution in [1.82, 2.24) is 0 Å². The van der Waals surface area contributed by atoms with Gasteiger partial charge >= 0.3 is 0 Å². The van der Waals surface area contributed by atoms with Gasteiger partial charge in [0.15, 0.2) is 9.84 Å². The van der Waals surface area contributed by atoms with Gasteiger partial charge in [0.25, 0.3) is 0 Å². The van der Waals surface area contributed by atoms with Gasteiger partial charge in [0.05, 0.1) is 17.3 Å². The standard InChI is InChI=1S/C14H14O3S/c15-10-11-18(16,17)14-8-6-13(7-9-14)12-4-2-1-3-5-12/h1-9,15H,10-11H2. The molecule has 0 spiro atoms. The Bertz CT molecular complexity index is 601. The highest BCUT2D eigenvalue weighted by atomic mass is 32.2. The van der Waals surface area contributed by atoms with E-state index >= 15 is 0 Å². The lowest BCUT2D eigenvalue weighted by molar-refractivity contribution is 0.319. The summed E-state index contributed by atoms with van der Waals surface area (Å²) in [5.41, 5.74) is 2.02. The van der Waals surface area contributed by atoms with Crippen LogP contribution in [0.1, 0.15) is 0 Å². The van der Waals surface area contributed by atoms with E-state index in [4.69, 9.17) is 5.11 Å². The van der Waals surface area contributed by atoms with Crippen LogP contribution in [0, 0.1) is 0 Å². The van der Waals surface area contributed by atoms with Gasteiger partial charge in [0.2, 0.25) is 0 Å². The molecule has 18 heavy (non-hydrogen) atoms. The van der Waals surface area contributed by atoms with Crippen LogP contribution in [0.4, 0.5) is 0 Å². The van der Waals surface area contributed by atoms with Crippen LogP contribution < -0.4 is 0 Å². The molecule has 2 aromatic carbocycles. The predicted molar refractivity (Wildman–Crippen MR) is 71.0 cm³/mol. The fourth-order valence-corrected chi connectivity index (χ4v) is 2.75. The molecule has 0 fully saturated rings. The SMILES string of the molecule is O=S(=O)(CCO)c1ccc(-c2ccccc2)cc1. The van der Waals surface area contributed by atoms with Gasteiger partial charge in [0, 0.05) is 0 Å². The van der Waals surface area contributed by atoms with Gasteiger partial charge in [-0.3, -0.25) is 0 Å². The highest BCUT2D eigenvalue weighted by molar-refractivity contribution is 7.91. The Labute approximate surface area is 107 Å². The quantitative estimate of drug-likeness (QED) is 0.918. The summed E-state index contributed by atoms with van der Waals surface area (Å²) in [6.07, 6.45) is 0. The molecule has 0 radical (unpaired) electrons. The topological polar surface area (TPSA) is 54.4 Å². The van der Waals surface area contributed by atoms with Crippen LogP contribution in [0.2, 0.25) is 0 Å². The number of sulfone groups is 1. The van der Waals surface area contributed by atoms with Crippen molar-refractivity contribution in [3.05, 3.63) is 54.6 Å². The molecule has 0 saturated heterocycles. The molecule has 2 rings (SSSR count). The highest BCUT2D eigenvalue weighted by Crippen LogP contribution is 2.21. The molecule has 0 aliphatic rings. The lowest BCUT2D eigenvalue weighted by atomic mass is 10.1. The third kappa shape index (κ3) is 2.78. The molecule has 0 unspecified atom stereocenters. The van der Waals surface area contributed by atoms with E-state index in [0.717, 1.165) is 11.1 Å². The fraction of sp³-hybridized carbons (Fsp3) is 0.143. The molecule has 0 aliphatic carbocycles. The maximum atomic E-state index is 11.7. The van der Waals surface area contributed by atoms with Crippen molar-refractivity contribution in [2.75, 3.05) is 12.4 Å². The van der Waals surface area contributed by atoms with Crippen LogP contribution in [0.15, 0.2) is 59.5 Å². The van der Waals surface area contributed by atoms with E-state index in [2.05, 4.69) is 0 Å². The molecule has 4 heteroatoms. The van der Waals surface area contributed by atoms with Crippen molar-refractivity contribution in [3.63, 3.8) is 0 Å². The Morgan fingerprint density at radius 1 is 0.833 bits per heavy atom. The van der Waals surface area contributed by atoms with Gasteiger partial charge in [0.1, 0.15) is 0 Å². The van der Waals surface area contributed by atoms with Crippen LogP contribution in [-0.4, -0.2) is 25.9 Å². The summed E-state index contributed by atoms with van der Waals surface area (Å²) >= 11 is 0. The number of benzene rings is 2. The molecule has 0 aliphatic heterocycles. The van der Waals surface area contributed by atoms with Gasteiger partial charge in [-0.25, -0.2) is 8.42 Å². The Balaban J connectivity index is 2.32. The Morgan fingerprint density at radius 2 is 1.39 bits per heavy atom. The largest absolute Gasteiger partial charge is 0.395 e. The molecule has 0 amide bonds. The van der Waals surface area contributed by atoms with Crippen LogP contribution in [-0.2, 0) is 9.84 Å². The molecule has 94 valence electrons. The molecule has 3 nitrogen and oxygen atoms in total. The molecular weight excluding hydrogens is 248 g/mol. The summed E-state index contributed by atoms with van der Waals surface area (Å²) in [5, 5.41) is 8.72. The van der Waals surface area contributed by atoms with E-state index < -0.39 is 9.84 Å². The monoisotopic (exact) mass is 262 g/mol. The second-order valence-corrected chi connectivity index (χ2v) is 6.04. The molecule has 0 atom stereocenters. The van der Waals surface area contributed by atoms with Crippen molar-refractivity contribution in [1.29, 1.82) is 0 Å². The Hall–Kier alpha value is -1.65. The zero-order valence-electron chi connectivity index (χ0n) is 9.78. The zero-order chi connectivity index (χ0) is 13.0. The van der Waals surface area contributed by atoms with Crippen molar-refractivity contribution in [2.45, 2.75) is 4.90 Å². The summed E-state index contributed by atoms with van der Waals surface area (Å²) < 4.78 is 23.4. The fourth-order valence-electron chi connectivity index (χ4n) is 1.72. The minimum absolute atomic E-state index is 0.238. The van der Waals surface area contributed by atoms with Gasteiger partial charge in [-0.15, -0.1) is 0 Å². The van der Waals surface area contributed by atoms with Crippen molar-refractivity contribution in [2.24, 2.45) is 0 Å². The smallest absolute Gasteiger partial charge is 0.180 e. The zero-order valence-corrected chi connectivity index (χ0v) is 10.6. The lowest BCUT2D eigenvalue weighted by Gasteiger charge is -2.05. The molecule has 0 heterocycles. The van der Waals surface area contributed by atoms with Crippen LogP contribution in [0.3, 0.4) is 0 Å². The Kier molecular flexibility index (Phi) is 3.79. The molecule has 0 bridgehead atoms. The number of rotatable bonds is 4. The molecule has 1 N–H and O–H groups in total. The van der Waals surface area contributed by atoms with Crippen molar-refractivity contribution < 1.29 is 13.5 Å². The third-order valence-corrected chi connectivity index (χ3v) is 4.39. The highest BCUT2D eigenvalue weighted by Gasteiger charge is 2.13. The minimum Gasteiger partial charge on any atom is -0.395 e. The maximum absolute atomic E-state index is 11.7. The van der Waals surface area contributed by atoms with Crippen molar-refractivity contribution >= 4 is 9.84 Å². The first-order valence-corrected chi connectivity index (χ1v) is 7.28. The first-order valence-electron chi connectivity index (χ1n) is 5.62. The van der Waals surface area contributed by atoms with E-state index in [1.54, 1.807) is 24.3 Å². The van der Waals surface area contributed by atoms with E-state index in [0.29, 0.717) is 0 Å². The van der Waals surface area contributed by atoms with Gasteiger partial charge in [-0.2, -0.15) is 0 Å². The minimum atomic E-state index is -3.36. The normalized spacial score (nSPS) is 11.4. The summed E-state index contributed by atoms with van der Waals surface area (Å²) in [7, 11) is -3.36. The number of hydrogen-bond donors (Lipinski definition) is 1. The average molecular weight is 262 g/mol. The van der Waals surface area contributed by atoms with Crippen LogP contribution in [0.5, 0.6) is 0 Å². The van der Waals surface area contributed by atoms with Crippen LogP contribution in [0.25, 0.3) is 11.1 Å². The third-order valence-electron chi connectivity index (χ3n) is 2.68. The van der Waals surface area contributed by atoms with E-state index in [-0.39, 0.29) is 17.3 Å². The summed E-state index contributed by atoms with van der Waals surface area (Å²) in [6.45, 7) is -0.358. The van der Waals surface area contributed by atoms with E-state index in [9.17, 15) is 8.42 Å². The summed E-state index contributed by atoms with van der Waals surface area (Å²) in [6, 6.07) is 16.5. The van der Waals surface area contributed by atoms with Crippen LogP contribution >= 0.6 is 0 Å². The first-order chi connectivity index (χ1) is 8.63. The molecular formula is C14H14O3S. The van der Waals surface area contributed by atoms with Crippen molar-refractivity contribution in [3.8, 4) is 11.1 Å². The summed E-state index contributed by atoms with van der Waals surface area (Å²) in [5.74, 6) is -0.238. The molecule has 2 aromatic rings. The average Bonchev–Trinajstić information content (AvgIpc) is 2.40. The van der Waals surface area contributed by atoms with Gasteiger partial charge in [-0.1, -0.05) is 42.5 Å². The molecule has 0 saturated carbocycles. The second kappa shape index (κ2) is 5.33. The predicted octanol–water partition coefficient (Wildman–Crippen LogP) is 2.12. The second-order valence-electron chi connectivity index (χ2n) is 3.93. The maximum Gasteiger partial charge on any atom is 0.180 e. The Morgan fingerprint density at radius 3 is 1.94 bits per heavy atom. The lowest BCUT2D eigenvalue weighted by Crippen LogP contribution is -2.09. The first kappa shape index (κ1) is 12.8. The van der Waals surface area contributed by atoms with Gasteiger partial charge < -0.3 is 5.11 Å². The molecule has 0 aromatic heterocycles. The number of hydrogen-bond acceptors (Lipinski definition) is 3. The number of aliphatic hydroxyl groups is 1.